The summed E-state index contributed by atoms with van der Waals surface area (Å²) in [5, 5.41) is 7.39. The highest BCUT2D eigenvalue weighted by molar-refractivity contribution is 5.91. The van der Waals surface area contributed by atoms with Crippen molar-refractivity contribution >= 4 is 5.91 Å². The highest BCUT2D eigenvalue weighted by Gasteiger charge is 2.26. The Hall–Kier alpha value is -2.14. The van der Waals surface area contributed by atoms with Crippen LogP contribution in [0.3, 0.4) is 0 Å². The van der Waals surface area contributed by atoms with Crippen LogP contribution >= 0.6 is 0 Å². The number of likely N-dealkylation sites (tertiary alicyclic amines) is 1. The van der Waals surface area contributed by atoms with E-state index in [2.05, 4.69) is 52.6 Å². The molecule has 0 unspecified atom stereocenters. The van der Waals surface area contributed by atoms with Gasteiger partial charge in [-0.3, -0.25) is 4.79 Å². The average Bonchev–Trinajstić information content (AvgIpc) is 3.30. The SMILES string of the molecule is C[C@@H](CCN1CCC[C@H](c2cc(C(=O)NC3CCCCC3)on2)C1)c1ccccc1. The molecular weight excluding hydrogens is 374 g/mol. The molecule has 1 amide bonds. The topological polar surface area (TPSA) is 58.4 Å². The molecule has 2 aliphatic rings. The molecule has 2 heterocycles. The zero-order chi connectivity index (χ0) is 20.8. The number of nitrogens with zero attached hydrogens (tertiary/aromatic N) is 2. The van der Waals surface area contributed by atoms with Crippen molar-refractivity contribution in [2.75, 3.05) is 19.6 Å². The van der Waals surface area contributed by atoms with Gasteiger partial charge in [-0.15, -0.1) is 0 Å². The third-order valence-electron chi connectivity index (χ3n) is 6.86. The van der Waals surface area contributed by atoms with E-state index in [-0.39, 0.29) is 11.9 Å². The van der Waals surface area contributed by atoms with E-state index >= 15 is 0 Å². The molecule has 1 N–H and O–H groups in total. The second-order valence-corrected chi connectivity index (χ2v) is 9.16. The predicted molar refractivity (Wildman–Crippen MR) is 119 cm³/mol. The van der Waals surface area contributed by atoms with Crippen molar-refractivity contribution in [1.29, 1.82) is 0 Å². The Bertz CT molecular complexity index is 798. The lowest BCUT2D eigenvalue weighted by atomic mass is 9.93. The maximum Gasteiger partial charge on any atom is 0.290 e. The first-order valence-electron chi connectivity index (χ1n) is 11.7. The van der Waals surface area contributed by atoms with Gasteiger partial charge in [0.2, 0.25) is 5.76 Å². The number of hydrogen-bond acceptors (Lipinski definition) is 4. The third-order valence-corrected chi connectivity index (χ3v) is 6.86. The van der Waals surface area contributed by atoms with E-state index in [0.29, 0.717) is 17.6 Å². The first kappa shape index (κ1) is 21.1. The summed E-state index contributed by atoms with van der Waals surface area (Å²) in [5.74, 6) is 1.18. The standard InChI is InChI=1S/C25H35N3O2/c1-19(20-9-4-2-5-10-20)14-16-28-15-8-11-21(18-28)23-17-24(30-27-23)25(29)26-22-12-6-3-7-13-22/h2,4-5,9-10,17,19,21-22H,3,6-8,11-16,18H2,1H3,(H,26,29)/t19-,21-/m0/s1. The van der Waals surface area contributed by atoms with Gasteiger partial charge in [-0.2, -0.15) is 0 Å². The van der Waals surface area contributed by atoms with Crippen molar-refractivity contribution in [3.63, 3.8) is 0 Å². The Morgan fingerprint density at radius 2 is 1.97 bits per heavy atom. The molecule has 2 fully saturated rings. The molecule has 2 atom stereocenters. The second kappa shape index (κ2) is 10.3. The molecule has 1 saturated heterocycles. The lowest BCUT2D eigenvalue weighted by Gasteiger charge is -2.32. The number of amides is 1. The van der Waals surface area contributed by atoms with Crippen molar-refractivity contribution in [2.24, 2.45) is 0 Å². The van der Waals surface area contributed by atoms with Gasteiger partial charge in [0, 0.05) is 24.6 Å². The minimum absolute atomic E-state index is 0.106. The molecule has 0 bridgehead atoms. The van der Waals surface area contributed by atoms with E-state index < -0.39 is 0 Å². The highest BCUT2D eigenvalue weighted by Crippen LogP contribution is 2.28. The lowest BCUT2D eigenvalue weighted by Crippen LogP contribution is -2.36. The van der Waals surface area contributed by atoms with E-state index in [0.717, 1.165) is 51.0 Å². The largest absolute Gasteiger partial charge is 0.351 e. The number of hydrogen-bond donors (Lipinski definition) is 1. The van der Waals surface area contributed by atoms with Gasteiger partial charge in [-0.1, -0.05) is 61.7 Å². The van der Waals surface area contributed by atoms with Crippen LogP contribution < -0.4 is 5.32 Å². The van der Waals surface area contributed by atoms with Crippen LogP contribution in [-0.2, 0) is 0 Å². The predicted octanol–water partition coefficient (Wildman–Crippen LogP) is 5.11. The Morgan fingerprint density at radius 1 is 1.17 bits per heavy atom. The fraction of sp³-hybridized carbons (Fsp3) is 0.600. The second-order valence-electron chi connectivity index (χ2n) is 9.16. The molecular formula is C25H35N3O2. The van der Waals surface area contributed by atoms with Crippen molar-refractivity contribution in [3.05, 3.63) is 53.4 Å². The highest BCUT2D eigenvalue weighted by atomic mass is 16.5. The molecule has 30 heavy (non-hydrogen) atoms. The molecule has 4 rings (SSSR count). The summed E-state index contributed by atoms with van der Waals surface area (Å²) in [6.45, 7) is 5.55. The number of nitrogens with one attached hydrogen (secondary N) is 1. The maximum atomic E-state index is 12.5. The third kappa shape index (κ3) is 5.51. The Morgan fingerprint density at radius 3 is 2.77 bits per heavy atom. The van der Waals surface area contributed by atoms with E-state index in [1.807, 2.05) is 6.07 Å². The van der Waals surface area contributed by atoms with Crippen LogP contribution in [0.25, 0.3) is 0 Å². The normalized spacial score (nSPS) is 22.0. The van der Waals surface area contributed by atoms with Crippen molar-refractivity contribution in [1.82, 2.24) is 15.4 Å². The molecule has 0 spiro atoms. The summed E-state index contributed by atoms with van der Waals surface area (Å²) in [4.78, 5) is 15.1. The summed E-state index contributed by atoms with van der Waals surface area (Å²) in [6, 6.07) is 12.9. The van der Waals surface area contributed by atoms with Gasteiger partial charge in [0.15, 0.2) is 0 Å². The van der Waals surface area contributed by atoms with Gasteiger partial charge in [0.1, 0.15) is 0 Å². The first-order valence-corrected chi connectivity index (χ1v) is 11.7. The number of carbonyl (C=O) groups is 1. The molecule has 1 aliphatic heterocycles. The summed E-state index contributed by atoms with van der Waals surface area (Å²) in [7, 11) is 0. The molecule has 1 aliphatic carbocycles. The van der Waals surface area contributed by atoms with Crippen LogP contribution in [0.2, 0.25) is 0 Å². The molecule has 2 aromatic rings. The fourth-order valence-electron chi connectivity index (χ4n) is 4.92. The van der Waals surface area contributed by atoms with Crippen LogP contribution in [0, 0.1) is 0 Å². The minimum atomic E-state index is -0.106. The zero-order valence-electron chi connectivity index (χ0n) is 18.2. The molecule has 1 saturated carbocycles. The van der Waals surface area contributed by atoms with Gasteiger partial charge in [-0.25, -0.2) is 0 Å². The fourth-order valence-corrected chi connectivity index (χ4v) is 4.92. The average molecular weight is 410 g/mol. The smallest absolute Gasteiger partial charge is 0.290 e. The molecule has 5 heteroatoms. The van der Waals surface area contributed by atoms with Crippen LogP contribution in [0.5, 0.6) is 0 Å². The Labute approximate surface area is 180 Å². The van der Waals surface area contributed by atoms with Crippen LogP contribution in [0.4, 0.5) is 0 Å². The molecule has 5 nitrogen and oxygen atoms in total. The number of benzene rings is 1. The van der Waals surface area contributed by atoms with Crippen molar-refractivity contribution < 1.29 is 9.32 Å². The number of rotatable bonds is 7. The van der Waals surface area contributed by atoms with E-state index in [1.54, 1.807) is 0 Å². The Kier molecular flexibility index (Phi) is 7.21. The van der Waals surface area contributed by atoms with E-state index in [1.165, 1.54) is 31.2 Å². The minimum Gasteiger partial charge on any atom is -0.351 e. The molecule has 1 aromatic heterocycles. The monoisotopic (exact) mass is 409 g/mol. The number of carbonyl (C=O) groups excluding carboxylic acids is 1. The van der Waals surface area contributed by atoms with E-state index in [9.17, 15) is 4.79 Å². The number of aromatic nitrogens is 1. The maximum absolute atomic E-state index is 12.5. The number of piperidine rings is 1. The lowest BCUT2D eigenvalue weighted by molar-refractivity contribution is 0.0890. The summed E-state index contributed by atoms with van der Waals surface area (Å²) >= 11 is 0. The van der Waals surface area contributed by atoms with Crippen LogP contribution in [-0.4, -0.2) is 41.6 Å². The van der Waals surface area contributed by atoms with Gasteiger partial charge in [0.05, 0.1) is 5.69 Å². The first-order chi connectivity index (χ1) is 14.7. The molecule has 0 radical (unpaired) electrons. The Balaban J connectivity index is 1.28. The quantitative estimate of drug-likeness (QED) is 0.690. The van der Waals surface area contributed by atoms with Gasteiger partial charge in [-0.05, 0) is 56.7 Å². The van der Waals surface area contributed by atoms with Gasteiger partial charge >= 0.3 is 0 Å². The van der Waals surface area contributed by atoms with E-state index in [4.69, 9.17) is 4.52 Å². The van der Waals surface area contributed by atoms with Crippen molar-refractivity contribution in [2.45, 2.75) is 76.2 Å². The van der Waals surface area contributed by atoms with Crippen molar-refractivity contribution in [3.8, 4) is 0 Å². The zero-order valence-corrected chi connectivity index (χ0v) is 18.2. The summed E-state index contributed by atoms with van der Waals surface area (Å²) < 4.78 is 5.43. The summed E-state index contributed by atoms with van der Waals surface area (Å²) in [5.41, 5.74) is 2.35. The van der Waals surface area contributed by atoms with Crippen LogP contribution in [0.15, 0.2) is 40.9 Å². The molecule has 162 valence electrons. The summed E-state index contributed by atoms with van der Waals surface area (Å²) in [6.07, 6.45) is 9.27. The van der Waals surface area contributed by atoms with Crippen LogP contribution in [0.1, 0.15) is 91.9 Å². The molecule has 1 aromatic carbocycles. The van der Waals surface area contributed by atoms with Gasteiger partial charge < -0.3 is 14.7 Å². The van der Waals surface area contributed by atoms with Gasteiger partial charge in [0.25, 0.3) is 5.91 Å².